The molecular formula is C20H20N2O4S. The first-order valence-electron chi connectivity index (χ1n) is 8.08. The number of benzene rings is 2. The van der Waals surface area contributed by atoms with E-state index in [0.717, 1.165) is 11.5 Å². The molecule has 2 aromatic carbocycles. The summed E-state index contributed by atoms with van der Waals surface area (Å²) in [5.74, 6) is 0.460. The van der Waals surface area contributed by atoms with Crippen molar-refractivity contribution in [2.75, 3.05) is 12.4 Å². The number of hydrogen-bond donors (Lipinski definition) is 1. The van der Waals surface area contributed by atoms with Crippen molar-refractivity contribution in [3.05, 3.63) is 65.6 Å². The third-order valence-electron chi connectivity index (χ3n) is 4.14. The number of anilines is 1. The molecule has 0 spiro atoms. The van der Waals surface area contributed by atoms with Gasteiger partial charge in [-0.25, -0.2) is 8.42 Å². The Kier molecular flexibility index (Phi) is 6.03. The van der Waals surface area contributed by atoms with Crippen LogP contribution in [0.15, 0.2) is 64.9 Å². The fourth-order valence-corrected chi connectivity index (χ4v) is 3.27. The topological polar surface area (TPSA) is 96.3 Å². The summed E-state index contributed by atoms with van der Waals surface area (Å²) in [6, 6.07) is 14.7. The summed E-state index contributed by atoms with van der Waals surface area (Å²) < 4.78 is 29.2. The average molecular weight is 384 g/mol. The molecule has 2 rings (SSSR count). The summed E-state index contributed by atoms with van der Waals surface area (Å²) in [5.41, 5.74) is 0.413. The van der Waals surface area contributed by atoms with E-state index in [-0.39, 0.29) is 10.8 Å². The van der Waals surface area contributed by atoms with Crippen LogP contribution in [0.5, 0.6) is 5.75 Å². The minimum Gasteiger partial charge on any atom is -0.497 e. The van der Waals surface area contributed by atoms with Gasteiger partial charge in [0.1, 0.15) is 5.75 Å². The number of nitriles is 1. The number of hydrogen-bond acceptors (Lipinski definition) is 5. The molecule has 27 heavy (non-hydrogen) atoms. The van der Waals surface area contributed by atoms with Gasteiger partial charge in [-0.15, -0.1) is 0 Å². The zero-order valence-corrected chi connectivity index (χ0v) is 16.1. The lowest BCUT2D eigenvalue weighted by molar-refractivity contribution is -0.120. The molecule has 0 aliphatic rings. The third-order valence-corrected chi connectivity index (χ3v) is 5.57. The maximum Gasteiger partial charge on any atom is 0.234 e. The van der Waals surface area contributed by atoms with Gasteiger partial charge in [0.25, 0.3) is 0 Å². The molecular weight excluding hydrogens is 364 g/mol. The van der Waals surface area contributed by atoms with Crippen LogP contribution < -0.4 is 10.1 Å². The predicted molar refractivity (Wildman–Crippen MR) is 103 cm³/mol. The molecule has 0 saturated carbocycles. The summed E-state index contributed by atoms with van der Waals surface area (Å²) in [6.45, 7) is 3.51. The molecule has 140 valence electrons. The molecule has 1 amide bonds. The first kappa shape index (κ1) is 20.2. The molecule has 6 nitrogen and oxygen atoms in total. The normalized spacial score (nSPS) is 11.8. The fourth-order valence-electron chi connectivity index (χ4n) is 2.35. The first-order chi connectivity index (χ1) is 12.7. The highest BCUT2D eigenvalue weighted by atomic mass is 32.2. The van der Waals surface area contributed by atoms with E-state index >= 15 is 0 Å². The van der Waals surface area contributed by atoms with E-state index in [1.165, 1.54) is 12.1 Å². The van der Waals surface area contributed by atoms with E-state index < -0.39 is 15.3 Å². The molecule has 0 saturated heterocycles. The van der Waals surface area contributed by atoms with Gasteiger partial charge < -0.3 is 10.1 Å². The number of allylic oxidation sites excluding steroid dienone is 1. The lowest BCUT2D eigenvalue weighted by Crippen LogP contribution is -2.34. The second kappa shape index (κ2) is 8.06. The van der Waals surface area contributed by atoms with Crippen molar-refractivity contribution in [2.24, 2.45) is 0 Å². The molecule has 0 fully saturated rings. The summed E-state index contributed by atoms with van der Waals surface area (Å²) in [6.07, 6.45) is 0.912. The number of ether oxygens (including phenoxy) is 1. The minimum absolute atomic E-state index is 0.0594. The highest BCUT2D eigenvalue weighted by Gasteiger charge is 2.30. The maximum absolute atomic E-state index is 12.7. The van der Waals surface area contributed by atoms with Gasteiger partial charge in [-0.1, -0.05) is 12.1 Å². The molecule has 0 heterocycles. The van der Waals surface area contributed by atoms with Crippen molar-refractivity contribution in [3.63, 3.8) is 0 Å². The lowest BCUT2D eigenvalue weighted by atomic mass is 9.83. The number of methoxy groups -OCH3 is 1. The van der Waals surface area contributed by atoms with Crippen LogP contribution in [0, 0.1) is 11.3 Å². The Morgan fingerprint density at radius 1 is 1.11 bits per heavy atom. The molecule has 0 radical (unpaired) electrons. The zero-order valence-electron chi connectivity index (χ0n) is 15.3. The van der Waals surface area contributed by atoms with Gasteiger partial charge in [0.05, 0.1) is 23.5 Å². The van der Waals surface area contributed by atoms with Gasteiger partial charge in [0.2, 0.25) is 15.7 Å². The van der Waals surface area contributed by atoms with Gasteiger partial charge in [0, 0.05) is 17.2 Å². The highest BCUT2D eigenvalue weighted by molar-refractivity contribution is 7.94. The lowest BCUT2D eigenvalue weighted by Gasteiger charge is -2.24. The standard InChI is InChI=1S/C20H20N2O4S/c1-20(2,19(23)22-16-7-9-17(26-3)10-8-16)15-5-11-18(12-6-15)27(24,25)14-4-13-21/h4-12,14H,1-3H3,(H,22,23)/b14-4+. The maximum atomic E-state index is 12.7. The molecule has 0 aromatic heterocycles. The van der Waals surface area contributed by atoms with Crippen molar-refractivity contribution in [1.29, 1.82) is 5.26 Å². The summed E-state index contributed by atoms with van der Waals surface area (Å²) in [7, 11) is -2.11. The monoisotopic (exact) mass is 384 g/mol. The van der Waals surface area contributed by atoms with Crippen molar-refractivity contribution in [2.45, 2.75) is 24.2 Å². The molecule has 1 N–H and O–H groups in total. The SMILES string of the molecule is COc1ccc(NC(=O)C(C)(C)c2ccc(S(=O)(=O)/C=C/C#N)cc2)cc1. The summed E-state index contributed by atoms with van der Waals surface area (Å²) >= 11 is 0. The average Bonchev–Trinajstić information content (AvgIpc) is 2.67. The van der Waals surface area contributed by atoms with Crippen molar-refractivity contribution in [3.8, 4) is 11.8 Å². The van der Waals surface area contributed by atoms with Crippen LogP contribution in [-0.4, -0.2) is 21.4 Å². The van der Waals surface area contributed by atoms with Crippen LogP contribution in [0.2, 0.25) is 0 Å². The second-order valence-electron chi connectivity index (χ2n) is 6.31. The largest absolute Gasteiger partial charge is 0.497 e. The van der Waals surface area contributed by atoms with Crippen LogP contribution in [0.25, 0.3) is 0 Å². The Morgan fingerprint density at radius 2 is 1.70 bits per heavy atom. The Hall–Kier alpha value is -3.11. The summed E-state index contributed by atoms with van der Waals surface area (Å²) in [5, 5.41) is 12.2. The number of nitrogens with one attached hydrogen (secondary N) is 1. The van der Waals surface area contributed by atoms with Crippen LogP contribution in [0.3, 0.4) is 0 Å². The van der Waals surface area contributed by atoms with Crippen molar-refractivity contribution >= 4 is 21.4 Å². The van der Waals surface area contributed by atoms with Crippen molar-refractivity contribution in [1.82, 2.24) is 0 Å². The Labute approximate surface area is 159 Å². The molecule has 0 aliphatic carbocycles. The van der Waals surface area contributed by atoms with Gasteiger partial charge in [-0.2, -0.15) is 5.26 Å². The first-order valence-corrected chi connectivity index (χ1v) is 9.62. The molecule has 0 bridgehead atoms. The van der Waals surface area contributed by atoms with Crippen LogP contribution in [0.4, 0.5) is 5.69 Å². The number of sulfone groups is 1. The van der Waals surface area contributed by atoms with E-state index in [9.17, 15) is 13.2 Å². The molecule has 2 aromatic rings. The molecule has 0 aliphatic heterocycles. The number of rotatable bonds is 6. The second-order valence-corrected chi connectivity index (χ2v) is 8.14. The third kappa shape index (κ3) is 4.74. The van der Waals surface area contributed by atoms with Gasteiger partial charge >= 0.3 is 0 Å². The Bertz CT molecular complexity index is 984. The van der Waals surface area contributed by atoms with Gasteiger partial charge in [-0.3, -0.25) is 4.79 Å². The molecule has 7 heteroatoms. The van der Waals surface area contributed by atoms with Gasteiger partial charge in [-0.05, 0) is 55.8 Å². The predicted octanol–water partition coefficient (Wildman–Crippen LogP) is 3.42. The van der Waals surface area contributed by atoms with Crippen LogP contribution in [-0.2, 0) is 20.0 Å². The van der Waals surface area contributed by atoms with Crippen molar-refractivity contribution < 1.29 is 17.9 Å². The highest BCUT2D eigenvalue weighted by Crippen LogP contribution is 2.27. The van der Waals surface area contributed by atoms with Crippen LogP contribution in [0.1, 0.15) is 19.4 Å². The zero-order chi connectivity index (χ0) is 20.1. The number of carbonyl (C=O) groups is 1. The quantitative estimate of drug-likeness (QED) is 0.770. The van der Waals surface area contributed by atoms with E-state index in [1.54, 1.807) is 63.4 Å². The summed E-state index contributed by atoms with van der Waals surface area (Å²) in [4.78, 5) is 12.8. The number of amides is 1. The molecule has 0 atom stereocenters. The van der Waals surface area contributed by atoms with E-state index in [4.69, 9.17) is 10.00 Å². The fraction of sp³-hybridized carbons (Fsp3) is 0.200. The van der Waals surface area contributed by atoms with Gasteiger partial charge in [0.15, 0.2) is 0 Å². The number of nitrogens with zero attached hydrogens (tertiary/aromatic N) is 1. The Balaban J connectivity index is 2.21. The van der Waals surface area contributed by atoms with E-state index in [1.807, 2.05) is 0 Å². The molecule has 0 unspecified atom stereocenters. The van der Waals surface area contributed by atoms with E-state index in [0.29, 0.717) is 17.0 Å². The van der Waals surface area contributed by atoms with E-state index in [2.05, 4.69) is 5.32 Å². The minimum atomic E-state index is -3.68. The Morgan fingerprint density at radius 3 is 2.22 bits per heavy atom. The number of carbonyl (C=O) groups excluding carboxylic acids is 1. The van der Waals surface area contributed by atoms with Crippen LogP contribution >= 0.6 is 0 Å². The smallest absolute Gasteiger partial charge is 0.234 e.